The topological polar surface area (TPSA) is 203 Å². The Labute approximate surface area is 386 Å². The summed E-state index contributed by atoms with van der Waals surface area (Å²) in [6.07, 6.45) is 16.7. The fraction of sp³-hybridized carbons (Fsp3) is 0.673. The molecule has 1 unspecified atom stereocenters. The first-order chi connectivity index (χ1) is 31.3. The van der Waals surface area contributed by atoms with Gasteiger partial charge in [0.1, 0.15) is 18.3 Å². The van der Waals surface area contributed by atoms with Crippen molar-refractivity contribution in [2.24, 2.45) is 11.8 Å². The monoisotopic (exact) mass is 927 g/mol. The summed E-state index contributed by atoms with van der Waals surface area (Å²) in [7, 11) is -4.85. The molecular weight excluding hydrogens is 852 g/mol. The number of fused-ring (bicyclic) bond motifs is 1. The quantitative estimate of drug-likeness (QED) is 0.0332. The van der Waals surface area contributed by atoms with Crippen LogP contribution >= 0.6 is 7.82 Å². The predicted octanol–water partition coefficient (Wildman–Crippen LogP) is 10.2. The average molecular weight is 927 g/mol. The normalized spacial score (nSPS) is 20.0. The van der Waals surface area contributed by atoms with E-state index < -0.39 is 68.2 Å². The number of anilines is 1. The number of aromatic nitrogens is 2. The predicted molar refractivity (Wildman–Crippen MR) is 248 cm³/mol. The van der Waals surface area contributed by atoms with Gasteiger partial charge < -0.3 is 34.3 Å². The number of ether oxygens (including phenoxy) is 5. The zero-order chi connectivity index (χ0) is 47.1. The minimum Gasteiger partial charge on any atom is -0.455 e. The van der Waals surface area contributed by atoms with Crippen LogP contribution in [0.2, 0.25) is 0 Å². The third-order valence-corrected chi connectivity index (χ3v) is 12.5. The van der Waals surface area contributed by atoms with Crippen molar-refractivity contribution >= 4 is 31.0 Å². The van der Waals surface area contributed by atoms with E-state index in [1.54, 1.807) is 45.9 Å². The lowest BCUT2D eigenvalue weighted by atomic mass is 9.92. The van der Waals surface area contributed by atoms with Crippen molar-refractivity contribution in [1.82, 2.24) is 9.61 Å². The van der Waals surface area contributed by atoms with Crippen LogP contribution < -0.4 is 5.73 Å². The minimum atomic E-state index is -4.85. The highest BCUT2D eigenvalue weighted by Crippen LogP contribution is 2.48. The van der Waals surface area contributed by atoms with E-state index in [4.69, 9.17) is 38.5 Å². The van der Waals surface area contributed by atoms with Crippen molar-refractivity contribution in [2.45, 2.75) is 174 Å². The van der Waals surface area contributed by atoms with Gasteiger partial charge in [0.2, 0.25) is 5.60 Å². The largest absolute Gasteiger partial charge is 0.472 e. The molecule has 1 fully saturated rings. The number of esters is 2. The van der Waals surface area contributed by atoms with Gasteiger partial charge in [0.05, 0.1) is 55.2 Å². The summed E-state index contributed by atoms with van der Waals surface area (Å²) in [5, 5.41) is 15.2. The first-order valence-corrected chi connectivity index (χ1v) is 25.4. The second-order valence-electron chi connectivity index (χ2n) is 17.7. The number of phosphoric ester groups is 1. The molecule has 0 aliphatic carbocycles. The number of hydrogen-bond donors (Lipinski definition) is 2. The van der Waals surface area contributed by atoms with Gasteiger partial charge in [-0.3, -0.25) is 18.6 Å². The Morgan fingerprint density at radius 1 is 0.831 bits per heavy atom. The minimum absolute atomic E-state index is 0.113. The smallest absolute Gasteiger partial charge is 0.455 e. The Morgan fingerprint density at radius 2 is 1.42 bits per heavy atom. The number of phosphoric acid groups is 1. The maximum atomic E-state index is 13.5. The molecule has 16 heteroatoms. The number of unbranched alkanes of at least 4 members (excludes halogenated alkanes) is 15. The van der Waals surface area contributed by atoms with Crippen molar-refractivity contribution in [3.63, 3.8) is 0 Å². The van der Waals surface area contributed by atoms with E-state index in [0.29, 0.717) is 17.8 Å². The zero-order valence-corrected chi connectivity index (χ0v) is 40.3. The van der Waals surface area contributed by atoms with Crippen LogP contribution in [0.5, 0.6) is 0 Å². The molecule has 4 rings (SSSR count). The molecule has 0 bridgehead atoms. The van der Waals surface area contributed by atoms with Gasteiger partial charge in [-0.15, -0.1) is 0 Å². The maximum absolute atomic E-state index is 13.5. The fourth-order valence-electron chi connectivity index (χ4n) is 7.70. The fourth-order valence-corrected chi connectivity index (χ4v) is 8.47. The van der Waals surface area contributed by atoms with Crippen molar-refractivity contribution in [3.8, 4) is 6.07 Å². The van der Waals surface area contributed by atoms with E-state index in [1.165, 1.54) is 94.2 Å². The Kier molecular flexibility index (Phi) is 23.4. The van der Waals surface area contributed by atoms with E-state index in [9.17, 15) is 24.3 Å². The van der Waals surface area contributed by atoms with E-state index in [0.717, 1.165) is 24.8 Å². The summed E-state index contributed by atoms with van der Waals surface area (Å²) in [6.45, 7) is 8.49. The van der Waals surface area contributed by atoms with Gasteiger partial charge in [0.15, 0.2) is 12.2 Å². The first-order valence-electron chi connectivity index (χ1n) is 23.9. The van der Waals surface area contributed by atoms with Crippen LogP contribution in [-0.4, -0.2) is 77.3 Å². The molecule has 6 atom stereocenters. The van der Waals surface area contributed by atoms with E-state index in [-0.39, 0.29) is 25.5 Å². The van der Waals surface area contributed by atoms with Gasteiger partial charge in [0.25, 0.3) is 0 Å². The molecule has 3 heterocycles. The highest BCUT2D eigenvalue weighted by molar-refractivity contribution is 7.47. The number of carbonyl (C=O) groups excluding carboxylic acids is 2. The lowest BCUT2D eigenvalue weighted by molar-refractivity contribution is -0.173. The number of nitrogens with two attached hydrogens (primary N) is 1. The van der Waals surface area contributed by atoms with Crippen molar-refractivity contribution < 1.29 is 51.8 Å². The molecule has 1 aliphatic heterocycles. The third-order valence-electron chi connectivity index (χ3n) is 11.6. The third kappa shape index (κ3) is 17.4. The molecule has 65 heavy (non-hydrogen) atoms. The Morgan fingerprint density at radius 3 is 2.00 bits per heavy atom. The highest BCUT2D eigenvalue weighted by Gasteiger charge is 2.63. The lowest BCUT2D eigenvalue weighted by Crippen LogP contribution is -2.47. The van der Waals surface area contributed by atoms with E-state index >= 15 is 0 Å². The summed E-state index contributed by atoms with van der Waals surface area (Å²) < 4.78 is 56.0. The van der Waals surface area contributed by atoms with Crippen molar-refractivity contribution in [3.05, 3.63) is 66.0 Å². The van der Waals surface area contributed by atoms with Gasteiger partial charge >= 0.3 is 19.8 Å². The van der Waals surface area contributed by atoms with Crippen LogP contribution in [0.1, 0.15) is 149 Å². The number of rotatable bonds is 33. The van der Waals surface area contributed by atoms with Crippen LogP contribution in [-0.2, 0) is 59.1 Å². The number of nitrogens with zero attached hydrogens (tertiary/aromatic N) is 3. The second-order valence-corrected chi connectivity index (χ2v) is 19.2. The summed E-state index contributed by atoms with van der Waals surface area (Å²) in [4.78, 5) is 37.3. The Bertz CT molecular complexity index is 1940. The number of nitrogen functional groups attached to an aromatic ring is 1. The second kappa shape index (κ2) is 28.3. The maximum Gasteiger partial charge on any atom is 0.472 e. The molecule has 3 N–H and O–H groups in total. The molecule has 1 saturated heterocycles. The molecule has 0 saturated carbocycles. The molecule has 0 amide bonds. The van der Waals surface area contributed by atoms with E-state index in [2.05, 4.69) is 18.1 Å². The lowest BCUT2D eigenvalue weighted by Gasteiger charge is -2.29. The first kappa shape index (κ1) is 53.7. The molecule has 1 aliphatic rings. The number of hydrogen-bond acceptors (Lipinski definition) is 13. The van der Waals surface area contributed by atoms with Crippen LogP contribution in [0.4, 0.5) is 5.69 Å². The molecule has 15 nitrogen and oxygen atoms in total. The summed E-state index contributed by atoms with van der Waals surface area (Å²) >= 11 is 0. The van der Waals surface area contributed by atoms with Gasteiger partial charge in [-0.25, -0.2) is 9.08 Å². The van der Waals surface area contributed by atoms with Gasteiger partial charge in [-0.05, 0) is 30.2 Å². The van der Waals surface area contributed by atoms with Crippen LogP contribution in [0, 0.1) is 23.2 Å². The molecule has 1 aromatic carbocycles. The van der Waals surface area contributed by atoms with E-state index in [1.807, 2.05) is 30.3 Å². The number of nitriles is 1. The van der Waals surface area contributed by atoms with Crippen LogP contribution in [0.25, 0.3) is 5.52 Å². The summed E-state index contributed by atoms with van der Waals surface area (Å²) in [5.41, 5.74) is 5.89. The Balaban J connectivity index is 1.33. The molecule has 0 spiro atoms. The van der Waals surface area contributed by atoms with Crippen molar-refractivity contribution in [2.75, 3.05) is 32.2 Å². The SMILES string of the molecule is CCCCCCCCCCCCCCCCCCOC[C@H](COP(=O)(O)OC[C@H]1O[C@@](C#N)(c2ccc3c(N)ccnn23)[C@H](OC(=O)C(C)C)[C@@H]1OC(=O)C(C)C)OCc1ccccc1. The highest BCUT2D eigenvalue weighted by atomic mass is 31.2. The number of benzene rings is 1. The zero-order valence-electron chi connectivity index (χ0n) is 39.4. The van der Waals surface area contributed by atoms with Gasteiger partial charge in [-0.1, -0.05) is 161 Å². The number of carbonyl (C=O) groups is 2. The van der Waals surface area contributed by atoms with Gasteiger partial charge in [-0.2, -0.15) is 10.4 Å². The molecule has 2 aromatic heterocycles. The molecule has 0 radical (unpaired) electrons. The molecule has 362 valence electrons. The Hall–Kier alpha value is -3.87. The van der Waals surface area contributed by atoms with Crippen molar-refractivity contribution in [1.29, 1.82) is 5.26 Å². The standard InChI is InChI=1S/C49H75N4O11P/c1-6-7-8-9-10-11-12-13-14-15-16-17-18-19-20-24-31-58-33-40(59-32-39-25-22-21-23-26-39)34-60-65(56,57)61-35-43-45(62-47(54)37(2)3)46(63-48(55)38(4)5)49(36-50,64-43)44-28-27-42-41(51)29-30-52-53(42)44/h21-23,25-30,37-38,40,43,45-46H,6-20,24,31-35,51H2,1-5H3,(H,56,57)/t40-,43-,45-,46-,49+/m1/s1. The average Bonchev–Trinajstić information content (AvgIpc) is 3.86. The summed E-state index contributed by atoms with van der Waals surface area (Å²) in [6, 6.07) is 16.4. The van der Waals surface area contributed by atoms with Gasteiger partial charge in [0, 0.05) is 12.8 Å². The van der Waals surface area contributed by atoms with Crippen LogP contribution in [0.15, 0.2) is 54.7 Å². The van der Waals surface area contributed by atoms with Crippen LogP contribution in [0.3, 0.4) is 0 Å². The summed E-state index contributed by atoms with van der Waals surface area (Å²) in [5.74, 6) is -2.65. The molecule has 3 aromatic rings. The molecular formula is C49H75N4O11P.